The number of rotatable bonds is 4. The van der Waals surface area contributed by atoms with Crippen LogP contribution in [0.1, 0.15) is 45.1 Å². The lowest BCUT2D eigenvalue weighted by molar-refractivity contribution is 0.0590. The van der Waals surface area contributed by atoms with Crippen LogP contribution in [0.2, 0.25) is 0 Å². The number of ketones is 1. The molecule has 0 spiro atoms. The van der Waals surface area contributed by atoms with Crippen molar-refractivity contribution in [2.75, 3.05) is 14.2 Å². The highest BCUT2D eigenvalue weighted by atomic mass is 32.1. The normalized spacial score (nSPS) is 12.2. The molecular formula is C10H13NO4S. The van der Waals surface area contributed by atoms with Crippen molar-refractivity contribution in [3.63, 3.8) is 0 Å². The summed E-state index contributed by atoms with van der Waals surface area (Å²) in [5, 5.41) is 0.591. The minimum atomic E-state index is -0.601. The van der Waals surface area contributed by atoms with Gasteiger partial charge in [-0.1, -0.05) is 0 Å². The lowest BCUT2D eigenvalue weighted by atomic mass is 10.3. The molecule has 0 bridgehead atoms. The Labute approximate surface area is 97.4 Å². The van der Waals surface area contributed by atoms with Crippen LogP contribution in [0.15, 0.2) is 0 Å². The highest BCUT2D eigenvalue weighted by molar-refractivity contribution is 7.14. The van der Waals surface area contributed by atoms with Crippen LogP contribution >= 0.6 is 11.3 Å². The van der Waals surface area contributed by atoms with Gasteiger partial charge in [-0.15, -0.1) is 11.3 Å². The van der Waals surface area contributed by atoms with E-state index < -0.39 is 5.97 Å². The molecule has 0 aromatic carbocycles. The molecule has 0 fully saturated rings. The Morgan fingerprint density at radius 2 is 2.00 bits per heavy atom. The van der Waals surface area contributed by atoms with Crippen LogP contribution in [-0.4, -0.2) is 31.0 Å². The van der Waals surface area contributed by atoms with E-state index in [1.807, 2.05) is 0 Å². The third-order valence-corrected chi connectivity index (χ3v) is 3.36. The Balaban J connectivity index is 3.20. The first kappa shape index (κ1) is 12.8. The Morgan fingerprint density at radius 1 is 1.38 bits per heavy atom. The standard InChI is InChI=1S/C10H13NO4S/c1-5(12)8-7(10(13)15-4)11-9(16-8)6(2)14-3/h6H,1-4H3. The van der Waals surface area contributed by atoms with Crippen molar-refractivity contribution in [2.45, 2.75) is 20.0 Å². The van der Waals surface area contributed by atoms with E-state index in [1.54, 1.807) is 6.92 Å². The first-order chi connectivity index (χ1) is 7.51. The number of aromatic nitrogens is 1. The number of hydrogen-bond acceptors (Lipinski definition) is 6. The van der Waals surface area contributed by atoms with Crippen molar-refractivity contribution in [1.29, 1.82) is 0 Å². The molecule has 1 aromatic rings. The zero-order valence-electron chi connectivity index (χ0n) is 9.57. The molecule has 0 aliphatic heterocycles. The smallest absolute Gasteiger partial charge is 0.358 e. The molecule has 1 rings (SSSR count). The number of carbonyl (C=O) groups is 2. The summed E-state index contributed by atoms with van der Waals surface area (Å²) in [5.41, 5.74) is 0.0684. The number of Topliss-reactive ketones (excluding diaryl/α,β-unsaturated/α-hetero) is 1. The molecule has 1 unspecified atom stereocenters. The molecule has 6 heteroatoms. The zero-order chi connectivity index (χ0) is 12.3. The van der Waals surface area contributed by atoms with Crippen molar-refractivity contribution in [3.05, 3.63) is 15.6 Å². The molecule has 0 amide bonds. The third kappa shape index (κ3) is 2.45. The van der Waals surface area contributed by atoms with E-state index in [0.29, 0.717) is 9.88 Å². The molecule has 88 valence electrons. The van der Waals surface area contributed by atoms with Gasteiger partial charge in [0, 0.05) is 14.0 Å². The summed E-state index contributed by atoms with van der Waals surface area (Å²) in [6.45, 7) is 3.19. The minimum Gasteiger partial charge on any atom is -0.464 e. The second-order valence-corrected chi connectivity index (χ2v) is 4.19. The highest BCUT2D eigenvalue weighted by Gasteiger charge is 2.23. The van der Waals surface area contributed by atoms with Crippen LogP contribution in [0, 0.1) is 0 Å². The molecule has 1 heterocycles. The van der Waals surface area contributed by atoms with E-state index >= 15 is 0 Å². The predicted molar refractivity (Wildman–Crippen MR) is 58.9 cm³/mol. The molecular weight excluding hydrogens is 230 g/mol. The Bertz CT molecular complexity index is 413. The second-order valence-electron chi connectivity index (χ2n) is 3.16. The van der Waals surface area contributed by atoms with E-state index in [0.717, 1.165) is 11.3 Å². The first-order valence-electron chi connectivity index (χ1n) is 4.64. The second kappa shape index (κ2) is 5.18. The van der Waals surface area contributed by atoms with Gasteiger partial charge >= 0.3 is 5.97 Å². The van der Waals surface area contributed by atoms with Crippen molar-refractivity contribution < 1.29 is 19.1 Å². The van der Waals surface area contributed by atoms with Gasteiger partial charge in [0.2, 0.25) is 0 Å². The molecule has 0 saturated heterocycles. The van der Waals surface area contributed by atoms with Gasteiger partial charge in [0.05, 0.1) is 7.11 Å². The summed E-state index contributed by atoms with van der Waals surface area (Å²) >= 11 is 1.16. The molecule has 0 aliphatic carbocycles. The zero-order valence-corrected chi connectivity index (χ0v) is 10.4. The number of carbonyl (C=O) groups excluding carboxylic acids is 2. The Morgan fingerprint density at radius 3 is 2.44 bits per heavy atom. The fourth-order valence-electron chi connectivity index (χ4n) is 1.09. The maximum Gasteiger partial charge on any atom is 0.358 e. The number of esters is 1. The van der Waals surface area contributed by atoms with Gasteiger partial charge in [-0.2, -0.15) is 0 Å². The van der Waals surface area contributed by atoms with Crippen LogP contribution < -0.4 is 0 Å². The average Bonchev–Trinajstić information content (AvgIpc) is 2.71. The molecule has 1 atom stereocenters. The van der Waals surface area contributed by atoms with E-state index in [1.165, 1.54) is 21.1 Å². The summed E-state index contributed by atoms with van der Waals surface area (Å²) in [7, 11) is 2.79. The lowest BCUT2D eigenvalue weighted by Crippen LogP contribution is -2.07. The van der Waals surface area contributed by atoms with Crippen LogP contribution in [0.5, 0.6) is 0 Å². The van der Waals surface area contributed by atoms with E-state index in [9.17, 15) is 9.59 Å². The predicted octanol–water partition coefficient (Wildman–Crippen LogP) is 1.84. The van der Waals surface area contributed by atoms with Gasteiger partial charge in [0.1, 0.15) is 16.0 Å². The summed E-state index contributed by atoms with van der Waals surface area (Å²) in [4.78, 5) is 27.1. The summed E-state index contributed by atoms with van der Waals surface area (Å²) < 4.78 is 9.65. The highest BCUT2D eigenvalue weighted by Crippen LogP contribution is 2.26. The maximum atomic E-state index is 11.4. The summed E-state index contributed by atoms with van der Waals surface area (Å²) in [6, 6.07) is 0. The monoisotopic (exact) mass is 243 g/mol. The lowest BCUT2D eigenvalue weighted by Gasteiger charge is -2.03. The van der Waals surface area contributed by atoms with Crippen molar-refractivity contribution in [1.82, 2.24) is 4.98 Å². The fraction of sp³-hybridized carbons (Fsp3) is 0.500. The number of thiazole rings is 1. The number of nitrogens with zero attached hydrogens (tertiary/aromatic N) is 1. The van der Waals surface area contributed by atoms with Crippen LogP contribution in [0.25, 0.3) is 0 Å². The quantitative estimate of drug-likeness (QED) is 0.596. The van der Waals surface area contributed by atoms with Gasteiger partial charge in [-0.25, -0.2) is 9.78 Å². The minimum absolute atomic E-state index is 0.0684. The van der Waals surface area contributed by atoms with Crippen LogP contribution in [0.4, 0.5) is 0 Å². The SMILES string of the molecule is COC(=O)c1nc(C(C)OC)sc1C(C)=O. The summed E-state index contributed by atoms with van der Waals surface area (Å²) in [5.74, 6) is -0.802. The van der Waals surface area contributed by atoms with Crippen LogP contribution in [-0.2, 0) is 9.47 Å². The van der Waals surface area contributed by atoms with E-state index in [2.05, 4.69) is 9.72 Å². The van der Waals surface area contributed by atoms with E-state index in [4.69, 9.17) is 4.74 Å². The number of hydrogen-bond donors (Lipinski definition) is 0. The van der Waals surface area contributed by atoms with Gasteiger partial charge < -0.3 is 9.47 Å². The molecule has 5 nitrogen and oxygen atoms in total. The van der Waals surface area contributed by atoms with Crippen molar-refractivity contribution >= 4 is 23.1 Å². The van der Waals surface area contributed by atoms with Crippen molar-refractivity contribution in [3.8, 4) is 0 Å². The van der Waals surface area contributed by atoms with Gasteiger partial charge in [-0.3, -0.25) is 4.79 Å². The average molecular weight is 243 g/mol. The maximum absolute atomic E-state index is 11.4. The fourth-order valence-corrected chi connectivity index (χ4v) is 2.06. The Kier molecular flexibility index (Phi) is 4.14. The number of ether oxygens (including phenoxy) is 2. The van der Waals surface area contributed by atoms with Crippen LogP contribution in [0.3, 0.4) is 0 Å². The molecule has 0 aliphatic rings. The topological polar surface area (TPSA) is 65.5 Å². The molecule has 0 radical (unpaired) electrons. The molecule has 16 heavy (non-hydrogen) atoms. The Hall–Kier alpha value is -1.27. The van der Waals surface area contributed by atoms with Gasteiger partial charge in [-0.05, 0) is 6.92 Å². The molecule has 0 N–H and O–H groups in total. The van der Waals surface area contributed by atoms with Gasteiger partial charge in [0.25, 0.3) is 0 Å². The third-order valence-electron chi connectivity index (χ3n) is 2.04. The summed E-state index contributed by atoms with van der Waals surface area (Å²) in [6.07, 6.45) is -0.249. The first-order valence-corrected chi connectivity index (χ1v) is 5.45. The number of methoxy groups -OCH3 is 2. The van der Waals surface area contributed by atoms with Gasteiger partial charge in [0.15, 0.2) is 11.5 Å². The largest absolute Gasteiger partial charge is 0.464 e. The van der Waals surface area contributed by atoms with Crippen molar-refractivity contribution in [2.24, 2.45) is 0 Å². The molecule has 0 saturated carbocycles. The van der Waals surface area contributed by atoms with E-state index in [-0.39, 0.29) is 17.6 Å². The molecule has 1 aromatic heterocycles.